The molecule has 0 saturated heterocycles. The Labute approximate surface area is 401 Å². The van der Waals surface area contributed by atoms with Crippen molar-refractivity contribution in [2.75, 3.05) is 79.3 Å². The number of unbranched alkanes of at least 4 members (excludes halogenated alkanes) is 3. The molecule has 0 aromatic rings. The molecule has 0 saturated carbocycles. The molecule has 2 unspecified atom stereocenters. The zero-order valence-corrected chi connectivity index (χ0v) is 40.6. The standard InChI is InChI=1S/C50H74O18/c1-11-39(51)61-31-47(17-7,32-62-40(52)12-2)27-59-29-49(19-9,35-65-43(55)15-5)37-67-45(57)25-23-21-22-24-26-46(58)68-38-50(20-10,36-66-44(56)16-6)30-60-28-48(18-8,33-63-41(53)13-3)34-64-42(54)14-4/h11-16H,1-6,17-38H2,7-10H3. The van der Waals surface area contributed by atoms with Gasteiger partial charge in [-0.25, -0.2) is 28.8 Å². The second-order valence-corrected chi connectivity index (χ2v) is 16.5. The van der Waals surface area contributed by atoms with Crippen LogP contribution in [0.25, 0.3) is 0 Å². The van der Waals surface area contributed by atoms with Crippen molar-refractivity contribution in [3.05, 3.63) is 75.9 Å². The quantitative estimate of drug-likeness (QED) is 0.0279. The van der Waals surface area contributed by atoms with E-state index in [0.29, 0.717) is 51.4 Å². The number of hydrogen-bond acceptors (Lipinski definition) is 18. The highest BCUT2D eigenvalue weighted by atomic mass is 16.6. The van der Waals surface area contributed by atoms with Gasteiger partial charge in [0.1, 0.15) is 52.9 Å². The summed E-state index contributed by atoms with van der Waals surface area (Å²) in [5, 5.41) is 0. The summed E-state index contributed by atoms with van der Waals surface area (Å²) in [4.78, 5) is 97.5. The minimum atomic E-state index is -0.970. The highest BCUT2D eigenvalue weighted by molar-refractivity contribution is 5.83. The molecule has 0 aromatic heterocycles. The van der Waals surface area contributed by atoms with Crippen molar-refractivity contribution in [3.8, 4) is 0 Å². The number of esters is 8. The summed E-state index contributed by atoms with van der Waals surface area (Å²) in [6.07, 6.45) is 9.85. The second-order valence-electron chi connectivity index (χ2n) is 16.5. The second kappa shape index (κ2) is 34.4. The minimum Gasteiger partial charge on any atom is -0.465 e. The fourth-order valence-electron chi connectivity index (χ4n) is 5.90. The average molecular weight is 963 g/mol. The van der Waals surface area contributed by atoms with Crippen LogP contribution in [0.4, 0.5) is 0 Å². The summed E-state index contributed by atoms with van der Waals surface area (Å²) in [5.74, 6) is -5.01. The number of rotatable bonds is 41. The van der Waals surface area contributed by atoms with Crippen LogP contribution in [0.1, 0.15) is 91.9 Å². The Balaban J connectivity index is 5.47. The van der Waals surface area contributed by atoms with E-state index >= 15 is 0 Å². The molecule has 0 aliphatic carbocycles. The molecule has 2 atom stereocenters. The van der Waals surface area contributed by atoms with Gasteiger partial charge in [0.15, 0.2) is 0 Å². The number of carbonyl (C=O) groups is 8. The van der Waals surface area contributed by atoms with E-state index in [0.717, 1.165) is 36.5 Å². The lowest BCUT2D eigenvalue weighted by molar-refractivity contribution is -0.162. The van der Waals surface area contributed by atoms with Gasteiger partial charge in [-0.3, -0.25) is 9.59 Å². The van der Waals surface area contributed by atoms with Crippen molar-refractivity contribution in [2.45, 2.75) is 91.9 Å². The summed E-state index contributed by atoms with van der Waals surface area (Å²) in [7, 11) is 0. The number of hydrogen-bond donors (Lipinski definition) is 0. The van der Waals surface area contributed by atoms with Crippen LogP contribution < -0.4 is 0 Å². The van der Waals surface area contributed by atoms with Gasteiger partial charge in [-0.2, -0.15) is 0 Å². The zero-order valence-electron chi connectivity index (χ0n) is 40.6. The Morgan fingerprint density at radius 2 is 0.500 bits per heavy atom. The van der Waals surface area contributed by atoms with Crippen LogP contribution in [0.15, 0.2) is 75.9 Å². The Kier molecular flexibility index (Phi) is 31.4. The molecule has 382 valence electrons. The summed E-state index contributed by atoms with van der Waals surface area (Å²) in [6.45, 7) is 26.4. The van der Waals surface area contributed by atoms with Crippen molar-refractivity contribution in [3.63, 3.8) is 0 Å². The lowest BCUT2D eigenvalue weighted by Crippen LogP contribution is -2.42. The van der Waals surface area contributed by atoms with Gasteiger partial charge >= 0.3 is 47.8 Å². The van der Waals surface area contributed by atoms with Gasteiger partial charge in [0, 0.05) is 49.3 Å². The normalized spacial score (nSPS) is 12.8. The van der Waals surface area contributed by atoms with Crippen LogP contribution in [0.2, 0.25) is 0 Å². The molecule has 0 rings (SSSR count). The minimum absolute atomic E-state index is 0.0361. The highest BCUT2D eigenvalue weighted by Gasteiger charge is 2.38. The summed E-state index contributed by atoms with van der Waals surface area (Å²) >= 11 is 0. The van der Waals surface area contributed by atoms with Crippen molar-refractivity contribution < 1.29 is 85.7 Å². The zero-order chi connectivity index (χ0) is 51.5. The molecule has 0 fully saturated rings. The van der Waals surface area contributed by atoms with Gasteiger partial charge in [0.25, 0.3) is 0 Å². The maximum Gasteiger partial charge on any atom is 0.330 e. The monoisotopic (exact) mass is 962 g/mol. The Morgan fingerprint density at radius 3 is 0.676 bits per heavy atom. The van der Waals surface area contributed by atoms with Crippen LogP contribution in [-0.4, -0.2) is 127 Å². The fourth-order valence-corrected chi connectivity index (χ4v) is 5.90. The highest BCUT2D eigenvalue weighted by Crippen LogP contribution is 2.31. The topological polar surface area (TPSA) is 229 Å². The number of ether oxygens (including phenoxy) is 10. The van der Waals surface area contributed by atoms with Crippen LogP contribution in [0, 0.1) is 21.7 Å². The molecule has 68 heavy (non-hydrogen) atoms. The first kappa shape index (κ1) is 62.1. The predicted molar refractivity (Wildman–Crippen MR) is 249 cm³/mol. The Hall–Kier alpha value is -5.88. The molecule has 0 spiro atoms. The van der Waals surface area contributed by atoms with Crippen molar-refractivity contribution >= 4 is 47.8 Å². The Bertz CT molecular complexity index is 1530. The van der Waals surface area contributed by atoms with Gasteiger partial charge in [0.2, 0.25) is 0 Å². The third kappa shape index (κ3) is 25.3. The van der Waals surface area contributed by atoms with E-state index < -0.39 is 69.4 Å². The van der Waals surface area contributed by atoms with E-state index in [9.17, 15) is 38.4 Å². The van der Waals surface area contributed by atoms with E-state index in [1.54, 1.807) is 0 Å². The van der Waals surface area contributed by atoms with Gasteiger partial charge in [-0.05, 0) is 38.5 Å². The third-order valence-electron chi connectivity index (χ3n) is 11.3. The molecule has 18 nitrogen and oxygen atoms in total. The summed E-state index contributed by atoms with van der Waals surface area (Å²) < 4.78 is 55.5. The Morgan fingerprint density at radius 1 is 0.309 bits per heavy atom. The van der Waals surface area contributed by atoms with E-state index in [4.69, 9.17) is 47.4 Å². The first-order valence-electron chi connectivity index (χ1n) is 22.6. The lowest BCUT2D eigenvalue weighted by atomic mass is 9.86. The van der Waals surface area contributed by atoms with E-state index in [1.807, 2.05) is 27.7 Å². The molecule has 0 aliphatic rings. The van der Waals surface area contributed by atoms with Gasteiger partial charge in [-0.15, -0.1) is 0 Å². The maximum atomic E-state index is 12.9. The first-order valence-corrected chi connectivity index (χ1v) is 22.6. The van der Waals surface area contributed by atoms with E-state index in [1.165, 1.54) is 0 Å². The van der Waals surface area contributed by atoms with Crippen LogP contribution in [0.3, 0.4) is 0 Å². The van der Waals surface area contributed by atoms with Crippen molar-refractivity contribution in [1.29, 1.82) is 0 Å². The molecule has 0 heterocycles. The van der Waals surface area contributed by atoms with Gasteiger partial charge in [0.05, 0.1) is 48.1 Å². The fraction of sp³-hybridized carbons (Fsp3) is 0.600. The molecule has 0 bridgehead atoms. The maximum absolute atomic E-state index is 12.9. The van der Waals surface area contributed by atoms with Crippen LogP contribution in [0.5, 0.6) is 0 Å². The van der Waals surface area contributed by atoms with Crippen LogP contribution in [-0.2, 0) is 85.7 Å². The largest absolute Gasteiger partial charge is 0.465 e. The summed E-state index contributed by atoms with van der Waals surface area (Å²) in [6, 6.07) is 0. The van der Waals surface area contributed by atoms with Crippen LogP contribution >= 0.6 is 0 Å². The van der Waals surface area contributed by atoms with Crippen molar-refractivity contribution in [1.82, 2.24) is 0 Å². The first-order chi connectivity index (χ1) is 32.4. The SMILES string of the molecule is C=CC(=O)OCC(CC)(COCC(CC)(COC(=O)C=C)COC(=O)CCCCCCC(=O)OCC(CC)(COCC(CC)(COC(=O)C=C)COC(=O)C=C)COC(=O)C=C)COC(=O)C=C. The van der Waals surface area contributed by atoms with Gasteiger partial charge < -0.3 is 47.4 Å². The molecule has 0 radical (unpaired) electrons. The summed E-state index contributed by atoms with van der Waals surface area (Å²) in [5.41, 5.74) is -3.83. The molecular weight excluding hydrogens is 889 g/mol. The smallest absolute Gasteiger partial charge is 0.330 e. The number of carbonyl (C=O) groups excluding carboxylic acids is 8. The molecule has 0 amide bonds. The third-order valence-corrected chi connectivity index (χ3v) is 11.3. The molecule has 0 aliphatic heterocycles. The predicted octanol–water partition coefficient (Wildman–Crippen LogP) is 6.41. The molecular formula is C50H74O18. The molecule has 0 N–H and O–H groups in total. The van der Waals surface area contributed by atoms with Gasteiger partial charge in [-0.1, -0.05) is 80.0 Å². The molecule has 18 heteroatoms. The average Bonchev–Trinajstić information content (AvgIpc) is 3.36. The van der Waals surface area contributed by atoms with Crippen molar-refractivity contribution in [2.24, 2.45) is 21.7 Å². The molecule has 0 aromatic carbocycles. The van der Waals surface area contributed by atoms with E-state index in [2.05, 4.69) is 39.5 Å². The lowest BCUT2D eigenvalue weighted by Gasteiger charge is -2.35. The van der Waals surface area contributed by atoms with E-state index in [-0.39, 0.29) is 92.1 Å².